The molecule has 3 aliphatic rings. The van der Waals surface area contributed by atoms with Crippen molar-refractivity contribution in [3.8, 4) is 0 Å². The van der Waals surface area contributed by atoms with Gasteiger partial charge < -0.3 is 24.4 Å². The molecule has 25 heavy (non-hydrogen) atoms. The van der Waals surface area contributed by atoms with E-state index < -0.39 is 54.3 Å². The van der Waals surface area contributed by atoms with Crippen LogP contribution in [-0.4, -0.2) is 56.6 Å². The summed E-state index contributed by atoms with van der Waals surface area (Å²) in [6, 6.07) is 1.21. The molecule has 9 heteroatoms. The Balaban J connectivity index is 1.73. The molecule has 3 heterocycles. The van der Waals surface area contributed by atoms with Crippen LogP contribution < -0.4 is 11.2 Å². The molecule has 3 fully saturated rings. The first-order valence-corrected chi connectivity index (χ1v) is 8.59. The zero-order chi connectivity index (χ0) is 17.7. The van der Waals surface area contributed by atoms with E-state index in [9.17, 15) is 19.8 Å². The number of H-pyrrole nitrogens is 1. The SMILES string of the molecule is O=c1ccn([C@@H]2OC(CO)(CO)[C@H]3OC4(CCCCC4)O[C@@H]23)c(=O)[nH]1. The highest BCUT2D eigenvalue weighted by atomic mass is 16.8. The van der Waals surface area contributed by atoms with E-state index in [1.54, 1.807) is 0 Å². The zero-order valence-corrected chi connectivity index (χ0v) is 13.7. The number of rotatable bonds is 3. The first-order chi connectivity index (χ1) is 12.0. The summed E-state index contributed by atoms with van der Waals surface area (Å²) in [4.78, 5) is 25.7. The molecular formula is C16H22N2O7. The molecule has 1 aromatic rings. The smallest absolute Gasteiger partial charge is 0.330 e. The van der Waals surface area contributed by atoms with E-state index in [-0.39, 0.29) is 0 Å². The summed E-state index contributed by atoms with van der Waals surface area (Å²) in [5.74, 6) is -0.767. The monoisotopic (exact) mass is 354 g/mol. The quantitative estimate of drug-likeness (QED) is 0.651. The van der Waals surface area contributed by atoms with E-state index in [1.807, 2.05) is 0 Å². The molecule has 138 valence electrons. The van der Waals surface area contributed by atoms with Crippen LogP contribution in [0.5, 0.6) is 0 Å². The Bertz CT molecular complexity index is 747. The number of nitrogens with one attached hydrogen (secondary N) is 1. The second-order valence-electron chi connectivity index (χ2n) is 7.00. The summed E-state index contributed by atoms with van der Waals surface area (Å²) in [5.41, 5.74) is -2.53. The fourth-order valence-electron chi connectivity index (χ4n) is 4.10. The third-order valence-corrected chi connectivity index (χ3v) is 5.42. The standard InChI is InChI=1S/C16H22N2O7/c19-8-15(9-20)12-11(23-16(24-12)5-2-1-3-6-16)13(25-15)18-7-4-10(21)17-14(18)22/h4,7,11-13,19-20H,1-3,5-6,8-9H2,(H,17,21,22)/t11-,12+,13-/m1/s1. The minimum absolute atomic E-state index is 0.474. The van der Waals surface area contributed by atoms with Crippen LogP contribution in [0.1, 0.15) is 38.3 Å². The molecule has 2 saturated heterocycles. The van der Waals surface area contributed by atoms with Crippen molar-refractivity contribution in [3.05, 3.63) is 33.1 Å². The van der Waals surface area contributed by atoms with Gasteiger partial charge in [-0.2, -0.15) is 0 Å². The van der Waals surface area contributed by atoms with Gasteiger partial charge in [0.1, 0.15) is 17.8 Å². The van der Waals surface area contributed by atoms with E-state index in [4.69, 9.17) is 14.2 Å². The summed E-state index contributed by atoms with van der Waals surface area (Å²) in [5, 5.41) is 19.7. The number of aliphatic hydroxyl groups excluding tert-OH is 2. The van der Waals surface area contributed by atoms with Crippen molar-refractivity contribution >= 4 is 0 Å². The van der Waals surface area contributed by atoms with Crippen molar-refractivity contribution in [2.45, 2.75) is 61.9 Å². The predicted molar refractivity (Wildman–Crippen MR) is 83.9 cm³/mol. The molecule has 0 amide bonds. The molecule has 0 unspecified atom stereocenters. The van der Waals surface area contributed by atoms with Crippen molar-refractivity contribution < 1.29 is 24.4 Å². The highest BCUT2D eigenvalue weighted by Crippen LogP contribution is 2.51. The van der Waals surface area contributed by atoms with Crippen LogP contribution in [0.15, 0.2) is 21.9 Å². The van der Waals surface area contributed by atoms with Gasteiger partial charge in [-0.15, -0.1) is 0 Å². The van der Waals surface area contributed by atoms with Gasteiger partial charge in [-0.3, -0.25) is 14.3 Å². The van der Waals surface area contributed by atoms with E-state index in [0.29, 0.717) is 0 Å². The Labute approximate surface area is 143 Å². The number of aliphatic hydroxyl groups is 2. The highest BCUT2D eigenvalue weighted by Gasteiger charge is 2.65. The number of nitrogens with zero attached hydrogens (tertiary/aromatic N) is 1. The Kier molecular flexibility index (Phi) is 4.08. The minimum Gasteiger partial charge on any atom is -0.393 e. The molecular weight excluding hydrogens is 332 g/mol. The van der Waals surface area contributed by atoms with E-state index in [2.05, 4.69) is 4.98 Å². The maximum atomic E-state index is 12.2. The van der Waals surface area contributed by atoms with Gasteiger partial charge in [0.2, 0.25) is 0 Å². The van der Waals surface area contributed by atoms with Crippen LogP contribution in [-0.2, 0) is 14.2 Å². The lowest BCUT2D eigenvalue weighted by Crippen LogP contribution is -2.50. The number of ether oxygens (including phenoxy) is 3. The molecule has 3 atom stereocenters. The van der Waals surface area contributed by atoms with E-state index in [0.717, 1.165) is 32.1 Å². The van der Waals surface area contributed by atoms with Gasteiger partial charge in [0.05, 0.1) is 13.2 Å². The number of hydrogen-bond donors (Lipinski definition) is 3. The molecule has 3 N–H and O–H groups in total. The Hall–Kier alpha value is -1.52. The van der Waals surface area contributed by atoms with Crippen molar-refractivity contribution in [2.24, 2.45) is 0 Å². The van der Waals surface area contributed by atoms with Crippen molar-refractivity contribution in [1.82, 2.24) is 9.55 Å². The van der Waals surface area contributed by atoms with Gasteiger partial charge >= 0.3 is 5.69 Å². The average Bonchev–Trinajstić information content (AvgIpc) is 3.10. The first kappa shape index (κ1) is 16.9. The van der Waals surface area contributed by atoms with Crippen LogP contribution in [0, 0.1) is 0 Å². The second kappa shape index (κ2) is 6.03. The molecule has 2 aliphatic heterocycles. The van der Waals surface area contributed by atoms with E-state index >= 15 is 0 Å². The van der Waals surface area contributed by atoms with Crippen LogP contribution in [0.25, 0.3) is 0 Å². The minimum atomic E-state index is -1.37. The molecule has 1 aromatic heterocycles. The normalized spacial score (nSPS) is 32.8. The molecule has 4 rings (SSSR count). The molecule has 1 spiro atoms. The maximum Gasteiger partial charge on any atom is 0.330 e. The fraction of sp³-hybridized carbons (Fsp3) is 0.750. The third kappa shape index (κ3) is 2.58. The molecule has 1 aliphatic carbocycles. The largest absolute Gasteiger partial charge is 0.393 e. The van der Waals surface area contributed by atoms with Crippen LogP contribution >= 0.6 is 0 Å². The molecule has 9 nitrogen and oxygen atoms in total. The predicted octanol–water partition coefficient (Wildman–Crippen LogP) is -0.767. The summed E-state index contributed by atoms with van der Waals surface area (Å²) >= 11 is 0. The average molecular weight is 354 g/mol. The summed E-state index contributed by atoms with van der Waals surface area (Å²) < 4.78 is 19.4. The summed E-state index contributed by atoms with van der Waals surface area (Å²) in [6.07, 6.45) is 3.53. The Morgan fingerprint density at radius 1 is 1.12 bits per heavy atom. The van der Waals surface area contributed by atoms with Crippen molar-refractivity contribution in [1.29, 1.82) is 0 Å². The molecule has 1 saturated carbocycles. The number of aromatic amines is 1. The third-order valence-electron chi connectivity index (χ3n) is 5.42. The van der Waals surface area contributed by atoms with Gasteiger partial charge in [-0.25, -0.2) is 4.79 Å². The number of fused-ring (bicyclic) bond motifs is 1. The van der Waals surface area contributed by atoms with Crippen molar-refractivity contribution in [3.63, 3.8) is 0 Å². The van der Waals surface area contributed by atoms with Gasteiger partial charge in [-0.05, 0) is 12.8 Å². The van der Waals surface area contributed by atoms with Gasteiger partial charge in [0.15, 0.2) is 12.0 Å². The van der Waals surface area contributed by atoms with Crippen LogP contribution in [0.3, 0.4) is 0 Å². The topological polar surface area (TPSA) is 123 Å². The lowest BCUT2D eigenvalue weighted by atomic mass is 9.94. The first-order valence-electron chi connectivity index (χ1n) is 8.59. The molecule has 0 bridgehead atoms. The van der Waals surface area contributed by atoms with Gasteiger partial charge in [0, 0.05) is 25.1 Å². The Morgan fingerprint density at radius 2 is 1.84 bits per heavy atom. The summed E-state index contributed by atoms with van der Waals surface area (Å²) in [6.45, 7) is -0.947. The molecule has 0 radical (unpaired) electrons. The summed E-state index contributed by atoms with van der Waals surface area (Å²) in [7, 11) is 0. The Morgan fingerprint density at radius 3 is 2.48 bits per heavy atom. The second-order valence-corrected chi connectivity index (χ2v) is 7.00. The van der Waals surface area contributed by atoms with Gasteiger partial charge in [-0.1, -0.05) is 6.42 Å². The highest BCUT2D eigenvalue weighted by molar-refractivity contribution is 5.08. The fourth-order valence-corrected chi connectivity index (χ4v) is 4.10. The number of aromatic nitrogens is 2. The lowest BCUT2D eigenvalue weighted by molar-refractivity contribution is -0.258. The maximum absolute atomic E-state index is 12.2. The van der Waals surface area contributed by atoms with Gasteiger partial charge in [0.25, 0.3) is 5.56 Å². The van der Waals surface area contributed by atoms with Crippen LogP contribution in [0.4, 0.5) is 0 Å². The van der Waals surface area contributed by atoms with Crippen LogP contribution in [0.2, 0.25) is 0 Å². The lowest BCUT2D eigenvalue weighted by Gasteiger charge is -2.36. The number of hydrogen-bond acceptors (Lipinski definition) is 7. The van der Waals surface area contributed by atoms with E-state index in [1.165, 1.54) is 16.8 Å². The van der Waals surface area contributed by atoms with Crippen molar-refractivity contribution in [2.75, 3.05) is 13.2 Å². The molecule has 0 aromatic carbocycles. The zero-order valence-electron chi connectivity index (χ0n) is 13.7.